The molecule has 3 N–H and O–H groups in total. The van der Waals surface area contributed by atoms with Crippen LogP contribution in [-0.4, -0.2) is 21.0 Å². The third kappa shape index (κ3) is 15.4. The van der Waals surface area contributed by atoms with E-state index in [0.29, 0.717) is 6.42 Å². The van der Waals surface area contributed by atoms with Crippen molar-refractivity contribution in [1.29, 1.82) is 0 Å². The second-order valence-corrected chi connectivity index (χ2v) is 11.9. The number of carbonyl (C=O) groups excluding carboxylic acids is 1. The zero-order chi connectivity index (χ0) is 24.5. The first-order valence-corrected chi connectivity index (χ1v) is 14.3. The number of hydrogen-bond donors (Lipinski definition) is 3. The number of alkyl halides is 3. The van der Waals surface area contributed by atoms with Crippen molar-refractivity contribution in [3.05, 3.63) is 28.7 Å². The number of halogens is 4. The van der Waals surface area contributed by atoms with Gasteiger partial charge in [-0.05, 0) is 46.7 Å². The summed E-state index contributed by atoms with van der Waals surface area (Å²) in [6, 6.07) is 7.51. The van der Waals surface area contributed by atoms with Crippen LogP contribution in [0.15, 0.2) is 28.7 Å². The van der Waals surface area contributed by atoms with Crippen LogP contribution in [0, 0.1) is 0 Å². The van der Waals surface area contributed by atoms with Gasteiger partial charge in [-0.1, -0.05) is 124 Å². The maximum atomic E-state index is 12.4. The molecular formula is C24H37BrCl3N3OS. The molecule has 0 bridgehead atoms. The fourth-order valence-corrected chi connectivity index (χ4v) is 4.35. The van der Waals surface area contributed by atoms with Gasteiger partial charge in [0, 0.05) is 10.9 Å². The van der Waals surface area contributed by atoms with E-state index in [4.69, 9.17) is 47.0 Å². The molecule has 1 unspecified atom stereocenters. The lowest BCUT2D eigenvalue weighted by atomic mass is 10.0. The highest BCUT2D eigenvalue weighted by Crippen LogP contribution is 2.29. The lowest BCUT2D eigenvalue weighted by Crippen LogP contribution is -2.56. The summed E-state index contributed by atoms with van der Waals surface area (Å²) in [4.78, 5) is 12.4. The Morgan fingerprint density at radius 2 is 1.42 bits per heavy atom. The largest absolute Gasteiger partial charge is 0.339 e. The van der Waals surface area contributed by atoms with Gasteiger partial charge in [0.05, 0.1) is 5.69 Å². The minimum absolute atomic E-state index is 0.172. The van der Waals surface area contributed by atoms with Gasteiger partial charge in [-0.3, -0.25) is 4.79 Å². The third-order valence-corrected chi connectivity index (χ3v) is 6.85. The smallest absolute Gasteiger partial charge is 0.228 e. The molecule has 1 amide bonds. The molecule has 1 atom stereocenters. The van der Waals surface area contributed by atoms with Crippen molar-refractivity contribution in [3.8, 4) is 0 Å². The number of hydrogen-bond acceptors (Lipinski definition) is 2. The molecule has 33 heavy (non-hydrogen) atoms. The van der Waals surface area contributed by atoms with Gasteiger partial charge in [0.25, 0.3) is 0 Å². The zero-order valence-corrected chi connectivity index (χ0v) is 24.1. The number of unbranched alkanes of at least 4 members (excludes halogenated alkanes) is 11. The lowest BCUT2D eigenvalue weighted by molar-refractivity contribution is -0.122. The summed E-state index contributed by atoms with van der Waals surface area (Å²) in [6.07, 6.45) is 14.4. The van der Waals surface area contributed by atoms with Crippen LogP contribution in [0.5, 0.6) is 0 Å². The number of thiocarbonyl (C=S) groups is 1. The molecule has 1 aromatic carbocycles. The highest BCUT2D eigenvalue weighted by molar-refractivity contribution is 9.10. The van der Waals surface area contributed by atoms with Gasteiger partial charge in [-0.2, -0.15) is 0 Å². The van der Waals surface area contributed by atoms with Gasteiger partial charge >= 0.3 is 0 Å². The number of nitrogens with one attached hydrogen (secondary N) is 3. The normalized spacial score (nSPS) is 12.3. The predicted molar refractivity (Wildman–Crippen MR) is 151 cm³/mol. The molecule has 0 fully saturated rings. The van der Waals surface area contributed by atoms with Crippen LogP contribution in [0.25, 0.3) is 0 Å². The SMILES string of the molecule is CCCCCCCCCCCCCCC(=O)NC(NC(=S)Nc1ccccc1Br)C(Cl)(Cl)Cl. The molecule has 0 spiro atoms. The van der Waals surface area contributed by atoms with E-state index < -0.39 is 9.96 Å². The molecule has 0 radical (unpaired) electrons. The molecular weight excluding hydrogens is 565 g/mol. The average molecular weight is 602 g/mol. The minimum atomic E-state index is -1.76. The van der Waals surface area contributed by atoms with E-state index in [1.165, 1.54) is 57.8 Å². The van der Waals surface area contributed by atoms with Crippen LogP contribution in [0.1, 0.15) is 90.4 Å². The molecule has 0 aliphatic heterocycles. The van der Waals surface area contributed by atoms with Crippen LogP contribution >= 0.6 is 63.0 Å². The predicted octanol–water partition coefficient (Wildman–Crippen LogP) is 8.64. The molecule has 1 aromatic rings. The van der Waals surface area contributed by atoms with Crippen LogP contribution in [-0.2, 0) is 4.79 Å². The van der Waals surface area contributed by atoms with Gasteiger partial charge in [-0.25, -0.2) is 0 Å². The second kappa shape index (κ2) is 18.1. The molecule has 0 aliphatic carbocycles. The number of carbonyl (C=O) groups is 1. The van der Waals surface area contributed by atoms with Crippen molar-refractivity contribution >= 4 is 79.7 Å². The first-order chi connectivity index (χ1) is 15.7. The number of anilines is 1. The maximum Gasteiger partial charge on any atom is 0.228 e. The van der Waals surface area contributed by atoms with Crippen LogP contribution in [0.2, 0.25) is 0 Å². The molecule has 0 saturated carbocycles. The number of rotatable bonds is 16. The van der Waals surface area contributed by atoms with Crippen LogP contribution in [0.4, 0.5) is 5.69 Å². The van der Waals surface area contributed by atoms with Gasteiger partial charge in [0.15, 0.2) is 5.11 Å². The Balaban J connectivity index is 2.23. The van der Waals surface area contributed by atoms with E-state index >= 15 is 0 Å². The molecule has 1 rings (SSSR count). The van der Waals surface area contributed by atoms with Crippen molar-refractivity contribution in [1.82, 2.24) is 10.6 Å². The molecule has 188 valence electrons. The minimum Gasteiger partial charge on any atom is -0.339 e. The Morgan fingerprint density at radius 3 is 1.94 bits per heavy atom. The Labute approximate surface area is 228 Å². The Bertz CT molecular complexity index is 704. The highest BCUT2D eigenvalue weighted by Gasteiger charge is 2.34. The third-order valence-electron chi connectivity index (χ3n) is 5.29. The van der Waals surface area contributed by atoms with Crippen molar-refractivity contribution in [2.75, 3.05) is 5.32 Å². The molecule has 0 aromatic heterocycles. The van der Waals surface area contributed by atoms with Crippen LogP contribution in [0.3, 0.4) is 0 Å². The quantitative estimate of drug-likeness (QED) is 0.0768. The first kappa shape index (κ1) is 30.8. The Hall–Kier alpha value is -0.270. The summed E-state index contributed by atoms with van der Waals surface area (Å²) in [7, 11) is 0. The summed E-state index contributed by atoms with van der Waals surface area (Å²) in [5.41, 5.74) is 0.765. The van der Waals surface area contributed by atoms with Gasteiger partial charge in [0.1, 0.15) is 6.17 Å². The number of para-hydroxylation sites is 1. The van der Waals surface area contributed by atoms with E-state index in [2.05, 4.69) is 38.8 Å². The van der Waals surface area contributed by atoms with Gasteiger partial charge < -0.3 is 16.0 Å². The highest BCUT2D eigenvalue weighted by atomic mass is 79.9. The van der Waals surface area contributed by atoms with Gasteiger partial charge in [0.2, 0.25) is 9.70 Å². The van der Waals surface area contributed by atoms with Crippen molar-refractivity contribution < 1.29 is 4.79 Å². The standard InChI is InChI=1S/C24H37BrCl3N3OS/c1-2-3-4-5-6-7-8-9-10-11-12-13-18-21(32)30-22(24(26,27)28)31-23(33)29-20-17-15-14-16-19(20)25/h14-17,22H,2-13,18H2,1H3,(H,30,32)(H2,29,31,33). The fourth-order valence-electron chi connectivity index (χ4n) is 3.41. The van der Waals surface area contributed by atoms with Crippen molar-refractivity contribution in [2.24, 2.45) is 0 Å². The van der Waals surface area contributed by atoms with Crippen molar-refractivity contribution in [3.63, 3.8) is 0 Å². The Morgan fingerprint density at radius 1 is 0.909 bits per heavy atom. The number of amides is 1. The first-order valence-electron chi connectivity index (χ1n) is 11.9. The maximum absolute atomic E-state index is 12.4. The monoisotopic (exact) mass is 599 g/mol. The molecule has 4 nitrogen and oxygen atoms in total. The summed E-state index contributed by atoms with van der Waals surface area (Å²) < 4.78 is -0.915. The van der Waals surface area contributed by atoms with Crippen LogP contribution < -0.4 is 16.0 Å². The zero-order valence-electron chi connectivity index (χ0n) is 19.4. The molecule has 0 aliphatic rings. The summed E-state index contributed by atoms with van der Waals surface area (Å²) in [6.45, 7) is 2.25. The summed E-state index contributed by atoms with van der Waals surface area (Å²) >= 11 is 26.9. The molecule has 9 heteroatoms. The topological polar surface area (TPSA) is 53.2 Å². The number of benzene rings is 1. The van der Waals surface area contributed by atoms with Gasteiger partial charge in [-0.15, -0.1) is 0 Å². The van der Waals surface area contributed by atoms with E-state index in [1.54, 1.807) is 0 Å². The lowest BCUT2D eigenvalue weighted by Gasteiger charge is -2.28. The van der Waals surface area contributed by atoms with E-state index in [9.17, 15) is 4.79 Å². The Kier molecular flexibility index (Phi) is 16.8. The fraction of sp³-hybridized carbons (Fsp3) is 0.667. The molecule has 0 saturated heterocycles. The summed E-state index contributed by atoms with van der Waals surface area (Å²) in [5, 5.41) is 8.89. The van der Waals surface area contributed by atoms with Crippen molar-refractivity contribution in [2.45, 2.75) is 100 Å². The van der Waals surface area contributed by atoms with E-state index in [1.807, 2.05) is 24.3 Å². The summed E-state index contributed by atoms with van der Waals surface area (Å²) in [5.74, 6) is -0.172. The van der Waals surface area contributed by atoms with E-state index in [-0.39, 0.29) is 11.0 Å². The molecule has 0 heterocycles. The average Bonchev–Trinajstić information content (AvgIpc) is 2.75. The second-order valence-electron chi connectivity index (χ2n) is 8.26. The van der Waals surface area contributed by atoms with E-state index in [0.717, 1.165) is 29.4 Å².